The molecule has 4 nitrogen and oxygen atoms in total. The summed E-state index contributed by atoms with van der Waals surface area (Å²) in [5.74, 6) is 0.0288. The smallest absolute Gasteiger partial charge is 0.203 e. The fourth-order valence-electron chi connectivity index (χ4n) is 7.78. The predicted octanol–water partition coefficient (Wildman–Crippen LogP) is 13.3. The Bertz CT molecular complexity index is 1950. The van der Waals surface area contributed by atoms with E-state index in [9.17, 15) is 9.90 Å². The van der Waals surface area contributed by atoms with Gasteiger partial charge in [0.1, 0.15) is 5.76 Å². The van der Waals surface area contributed by atoms with E-state index in [1.54, 1.807) is 22.7 Å². The van der Waals surface area contributed by atoms with E-state index in [0.29, 0.717) is 17.2 Å². The Labute approximate surface area is 358 Å². The number of ketones is 1. The number of anilines is 1. The van der Waals surface area contributed by atoms with Crippen LogP contribution < -0.4 is 14.0 Å². The molecule has 0 saturated carbocycles. The van der Waals surface area contributed by atoms with E-state index < -0.39 is 0 Å². The first-order valence-electron chi connectivity index (χ1n) is 22.7. The molecule has 0 fully saturated rings. The first-order valence-corrected chi connectivity index (χ1v) is 24.3. The van der Waals surface area contributed by atoms with Crippen LogP contribution >= 0.6 is 22.7 Å². The number of benzene rings is 1. The Kier molecular flexibility index (Phi) is 19.6. The van der Waals surface area contributed by atoms with Crippen molar-refractivity contribution in [2.75, 3.05) is 31.1 Å². The van der Waals surface area contributed by atoms with E-state index in [0.717, 1.165) is 50.6 Å². The lowest BCUT2D eigenvalue weighted by Crippen LogP contribution is -2.35. The summed E-state index contributed by atoms with van der Waals surface area (Å²) in [5.41, 5.74) is 4.50. The molecule has 2 aromatic heterocycles. The molecule has 0 unspecified atom stereocenters. The van der Waals surface area contributed by atoms with E-state index in [1.165, 1.54) is 114 Å². The summed E-state index contributed by atoms with van der Waals surface area (Å²) in [5, 5.41) is 11.1. The first-order chi connectivity index (χ1) is 28.4. The van der Waals surface area contributed by atoms with Crippen molar-refractivity contribution in [1.29, 1.82) is 0 Å². The highest BCUT2D eigenvalue weighted by Gasteiger charge is 2.36. The topological polar surface area (TPSA) is 43.8 Å². The molecule has 2 aliphatic carbocycles. The van der Waals surface area contributed by atoms with Crippen LogP contribution in [-0.2, 0) is 4.79 Å². The second-order valence-corrected chi connectivity index (χ2v) is 18.3. The fourth-order valence-corrected chi connectivity index (χ4v) is 9.69. The lowest BCUT2D eigenvalue weighted by molar-refractivity contribution is -0.109. The van der Waals surface area contributed by atoms with Crippen molar-refractivity contribution in [3.63, 3.8) is 0 Å². The quantitative estimate of drug-likeness (QED) is 0.0820. The molecule has 6 heteroatoms. The van der Waals surface area contributed by atoms with Crippen molar-refractivity contribution in [3.05, 3.63) is 115 Å². The van der Waals surface area contributed by atoms with Crippen LogP contribution in [0.1, 0.15) is 146 Å². The molecule has 0 atom stereocenters. The molecule has 312 valence electrons. The summed E-state index contributed by atoms with van der Waals surface area (Å²) in [6.07, 6.45) is 38.3. The summed E-state index contributed by atoms with van der Waals surface area (Å²) in [4.78, 5) is 20.5. The normalized spacial score (nSPS) is 16.7. The Morgan fingerprint density at radius 2 is 1.19 bits per heavy atom. The number of hydrogen-bond acceptors (Lipinski definition) is 6. The Morgan fingerprint density at radius 1 is 0.603 bits per heavy atom. The van der Waals surface area contributed by atoms with E-state index in [4.69, 9.17) is 0 Å². The number of Topliss-reactive ketones (excluding diaryl/α,β-unsaturated/α-hetero) is 1. The molecule has 0 saturated heterocycles. The third kappa shape index (κ3) is 13.7. The number of nitrogens with zero attached hydrogens (tertiary/aromatic N) is 2. The highest BCUT2D eigenvalue weighted by molar-refractivity contribution is 7.14. The van der Waals surface area contributed by atoms with Gasteiger partial charge >= 0.3 is 0 Å². The van der Waals surface area contributed by atoms with Gasteiger partial charge in [-0.05, 0) is 98.5 Å². The number of allylic oxidation sites excluding steroid dienone is 6. The summed E-state index contributed by atoms with van der Waals surface area (Å²) < 4.78 is 1.87. The number of carbonyl (C=O) groups is 1. The van der Waals surface area contributed by atoms with Crippen LogP contribution in [0.2, 0.25) is 0 Å². The third-order valence-electron chi connectivity index (χ3n) is 11.4. The van der Waals surface area contributed by atoms with Crippen molar-refractivity contribution >= 4 is 63.5 Å². The lowest BCUT2D eigenvalue weighted by atomic mass is 9.87. The van der Waals surface area contributed by atoms with Gasteiger partial charge in [-0.3, -0.25) is 9.69 Å². The molecule has 0 aliphatic heterocycles. The van der Waals surface area contributed by atoms with Gasteiger partial charge in [-0.25, -0.2) is 0 Å². The van der Waals surface area contributed by atoms with Crippen molar-refractivity contribution in [2.45, 2.75) is 136 Å². The van der Waals surface area contributed by atoms with Gasteiger partial charge in [-0.2, -0.15) is 0 Å². The largest absolute Gasteiger partial charge is 0.506 e. The molecule has 1 N–H and O–H groups in total. The van der Waals surface area contributed by atoms with Gasteiger partial charge in [0.05, 0.1) is 11.1 Å². The number of rotatable bonds is 26. The van der Waals surface area contributed by atoms with E-state index in [2.05, 4.69) is 110 Å². The van der Waals surface area contributed by atoms with Crippen molar-refractivity contribution < 1.29 is 9.90 Å². The first kappa shape index (κ1) is 45.4. The van der Waals surface area contributed by atoms with Gasteiger partial charge in [0, 0.05) is 43.6 Å². The zero-order valence-corrected chi connectivity index (χ0v) is 37.7. The maximum absolute atomic E-state index is 13.4. The molecule has 2 heterocycles. The minimum atomic E-state index is -0.0794. The molecule has 1 aromatic carbocycles. The van der Waals surface area contributed by atoms with E-state index in [-0.39, 0.29) is 11.5 Å². The molecule has 5 rings (SSSR count). The van der Waals surface area contributed by atoms with Crippen LogP contribution in [0, 0.1) is 0 Å². The molecular formula is C52H70N2O2S2. The number of aliphatic hydroxyl groups excluding tert-OH is 1. The summed E-state index contributed by atoms with van der Waals surface area (Å²) in [6, 6.07) is 17.3. The van der Waals surface area contributed by atoms with Crippen LogP contribution in [0.3, 0.4) is 0 Å². The zero-order chi connectivity index (χ0) is 41.0. The van der Waals surface area contributed by atoms with Crippen LogP contribution in [0.25, 0.3) is 29.4 Å². The highest BCUT2D eigenvalue weighted by Crippen LogP contribution is 2.39. The molecule has 58 heavy (non-hydrogen) atoms. The predicted molar refractivity (Wildman–Crippen MR) is 256 cm³/mol. The average molecular weight is 819 g/mol. The minimum Gasteiger partial charge on any atom is -0.506 e. The standard InChI is InChI=1S/C52H70N2O2S2/c1-5-9-13-17-37-53(38-18-14-10-6-2)43-27-21-41(22-28-43)25-31-45-33-35-47(57-45)49-51(55)50(52(49)56)48-36-34-46(58-48)32-26-42-23-29-44(30-24-42)54(39-19-15-11-7-3)40-20-16-12-8-4/h21-36,43,55H,5-20,37-40H2,1-4H3/b32-26+,41-25?,45-31+,49-47-. The van der Waals surface area contributed by atoms with Gasteiger partial charge in [0.25, 0.3) is 0 Å². The Hall–Kier alpha value is -3.71. The van der Waals surface area contributed by atoms with Crippen molar-refractivity contribution in [2.24, 2.45) is 0 Å². The minimum absolute atomic E-state index is 0.0794. The third-order valence-corrected chi connectivity index (χ3v) is 13.5. The van der Waals surface area contributed by atoms with Crippen LogP contribution in [-0.4, -0.2) is 48.0 Å². The Morgan fingerprint density at radius 3 is 1.76 bits per heavy atom. The monoisotopic (exact) mass is 818 g/mol. The number of carbonyl (C=O) groups excluding carboxylic acids is 1. The fraction of sp³-hybridized carbons (Fsp3) is 0.481. The maximum Gasteiger partial charge on any atom is 0.203 e. The van der Waals surface area contributed by atoms with Gasteiger partial charge in [-0.1, -0.05) is 153 Å². The molecule has 0 bridgehead atoms. The SMILES string of the molecule is CCCCCCN(CCCCCC)c1ccc(/C=C/c2ccc(C3=C(O)/C(=c4\cc/c(=C\C=C5C=CC(N(CCCCCC)CCCCCC)C=C5)s4)C3=O)s2)cc1. The number of unbranched alkanes of at least 4 members (excludes halogenated alkanes) is 12. The van der Waals surface area contributed by atoms with Crippen LogP contribution in [0.4, 0.5) is 5.69 Å². The molecule has 3 aromatic rings. The van der Waals surface area contributed by atoms with Gasteiger partial charge in [0.2, 0.25) is 5.78 Å². The van der Waals surface area contributed by atoms with Gasteiger partial charge in [0.15, 0.2) is 0 Å². The van der Waals surface area contributed by atoms with Crippen molar-refractivity contribution in [1.82, 2.24) is 4.90 Å². The van der Waals surface area contributed by atoms with Crippen LogP contribution in [0.15, 0.2) is 90.2 Å². The molecule has 2 aliphatic rings. The van der Waals surface area contributed by atoms with Gasteiger partial charge in [-0.15, -0.1) is 22.7 Å². The van der Waals surface area contributed by atoms with E-state index >= 15 is 0 Å². The summed E-state index contributed by atoms with van der Waals surface area (Å²) >= 11 is 3.09. The second-order valence-electron chi connectivity index (χ2n) is 16.1. The number of thiophene rings is 2. The number of hydrogen-bond donors (Lipinski definition) is 1. The van der Waals surface area contributed by atoms with Crippen LogP contribution in [0.5, 0.6) is 0 Å². The lowest BCUT2D eigenvalue weighted by Gasteiger charge is -2.29. The molecule has 0 radical (unpaired) electrons. The van der Waals surface area contributed by atoms with Crippen molar-refractivity contribution in [3.8, 4) is 0 Å². The highest BCUT2D eigenvalue weighted by atomic mass is 32.1. The van der Waals surface area contributed by atoms with E-state index in [1.807, 2.05) is 24.3 Å². The summed E-state index contributed by atoms with van der Waals surface area (Å²) in [7, 11) is 0. The van der Waals surface area contributed by atoms with Gasteiger partial charge < -0.3 is 10.0 Å². The number of aliphatic hydroxyl groups is 1. The maximum atomic E-state index is 13.4. The zero-order valence-electron chi connectivity index (χ0n) is 36.0. The average Bonchev–Trinajstić information content (AvgIpc) is 3.91. The second kappa shape index (κ2) is 25.0. The summed E-state index contributed by atoms with van der Waals surface area (Å²) in [6.45, 7) is 13.7. The molecular weight excluding hydrogens is 749 g/mol. The Balaban J connectivity index is 1.19. The molecule has 0 amide bonds. The molecule has 0 spiro atoms.